The SMILES string of the molecule is CCC(CC)N(CCO)Cc1noc(C(C)C)n1. The summed E-state index contributed by atoms with van der Waals surface area (Å²) in [7, 11) is 0. The summed E-state index contributed by atoms with van der Waals surface area (Å²) < 4.78 is 5.20. The second-order valence-electron chi connectivity index (χ2n) is 4.87. The van der Waals surface area contributed by atoms with Crippen molar-refractivity contribution >= 4 is 0 Å². The maximum atomic E-state index is 9.14. The predicted molar refractivity (Wildman–Crippen MR) is 70.3 cm³/mol. The summed E-state index contributed by atoms with van der Waals surface area (Å²) >= 11 is 0. The highest BCUT2D eigenvalue weighted by molar-refractivity contribution is 4.91. The molecule has 1 heterocycles. The van der Waals surface area contributed by atoms with Gasteiger partial charge in [-0.25, -0.2) is 0 Å². The van der Waals surface area contributed by atoms with Gasteiger partial charge in [0, 0.05) is 18.5 Å². The summed E-state index contributed by atoms with van der Waals surface area (Å²) in [5.41, 5.74) is 0. The maximum Gasteiger partial charge on any atom is 0.229 e. The van der Waals surface area contributed by atoms with Crippen LogP contribution in [-0.2, 0) is 6.54 Å². The fourth-order valence-electron chi connectivity index (χ4n) is 2.07. The van der Waals surface area contributed by atoms with Crippen molar-refractivity contribution in [2.75, 3.05) is 13.2 Å². The largest absolute Gasteiger partial charge is 0.395 e. The maximum absolute atomic E-state index is 9.14. The molecule has 5 nitrogen and oxygen atoms in total. The first-order chi connectivity index (χ1) is 8.62. The molecule has 0 aliphatic heterocycles. The molecule has 104 valence electrons. The Morgan fingerprint density at radius 1 is 1.28 bits per heavy atom. The monoisotopic (exact) mass is 255 g/mol. The fraction of sp³-hybridized carbons (Fsp3) is 0.846. The van der Waals surface area contributed by atoms with Gasteiger partial charge in [0.05, 0.1) is 13.2 Å². The zero-order chi connectivity index (χ0) is 13.5. The van der Waals surface area contributed by atoms with Crippen LogP contribution in [0.2, 0.25) is 0 Å². The van der Waals surface area contributed by atoms with E-state index < -0.39 is 0 Å². The quantitative estimate of drug-likeness (QED) is 0.771. The normalized spacial score (nSPS) is 12.0. The van der Waals surface area contributed by atoms with E-state index in [1.54, 1.807) is 0 Å². The van der Waals surface area contributed by atoms with E-state index in [2.05, 4.69) is 28.9 Å². The van der Waals surface area contributed by atoms with Crippen LogP contribution in [0.15, 0.2) is 4.52 Å². The zero-order valence-corrected chi connectivity index (χ0v) is 11.9. The Morgan fingerprint density at radius 3 is 2.39 bits per heavy atom. The van der Waals surface area contributed by atoms with Crippen LogP contribution in [0.1, 0.15) is 58.2 Å². The number of nitrogens with zero attached hydrogens (tertiary/aromatic N) is 3. The minimum absolute atomic E-state index is 0.158. The van der Waals surface area contributed by atoms with Crippen LogP contribution in [0.3, 0.4) is 0 Å². The summed E-state index contributed by atoms with van der Waals surface area (Å²) in [6.07, 6.45) is 2.12. The molecule has 0 saturated heterocycles. The number of rotatable bonds is 8. The average Bonchev–Trinajstić information content (AvgIpc) is 2.79. The predicted octanol–water partition coefficient (Wildman–Crippen LogP) is 2.18. The summed E-state index contributed by atoms with van der Waals surface area (Å²) in [5.74, 6) is 1.64. The third kappa shape index (κ3) is 4.07. The molecular formula is C13H25N3O2. The van der Waals surface area contributed by atoms with Gasteiger partial charge in [-0.15, -0.1) is 0 Å². The highest BCUT2D eigenvalue weighted by atomic mass is 16.5. The minimum Gasteiger partial charge on any atom is -0.395 e. The van der Waals surface area contributed by atoms with Crippen LogP contribution in [0.25, 0.3) is 0 Å². The molecule has 1 aromatic rings. The van der Waals surface area contributed by atoms with Crippen molar-refractivity contribution in [2.24, 2.45) is 0 Å². The number of hydrogen-bond donors (Lipinski definition) is 1. The highest BCUT2D eigenvalue weighted by Gasteiger charge is 2.18. The average molecular weight is 255 g/mol. The Bertz CT molecular complexity index is 335. The first-order valence-electron chi connectivity index (χ1n) is 6.79. The fourth-order valence-corrected chi connectivity index (χ4v) is 2.07. The Morgan fingerprint density at radius 2 is 1.94 bits per heavy atom. The molecule has 18 heavy (non-hydrogen) atoms. The van der Waals surface area contributed by atoms with Crippen molar-refractivity contribution in [3.05, 3.63) is 11.7 Å². The van der Waals surface area contributed by atoms with Crippen LogP contribution in [-0.4, -0.2) is 39.3 Å². The van der Waals surface area contributed by atoms with E-state index in [-0.39, 0.29) is 12.5 Å². The molecular weight excluding hydrogens is 230 g/mol. The van der Waals surface area contributed by atoms with Gasteiger partial charge in [0.25, 0.3) is 0 Å². The van der Waals surface area contributed by atoms with Crippen LogP contribution in [0.5, 0.6) is 0 Å². The Labute approximate surface area is 109 Å². The van der Waals surface area contributed by atoms with Crippen molar-refractivity contribution in [2.45, 2.75) is 59.0 Å². The Hall–Kier alpha value is -0.940. The Kier molecular flexibility index (Phi) is 6.29. The number of aliphatic hydroxyl groups excluding tert-OH is 1. The van der Waals surface area contributed by atoms with Crippen LogP contribution in [0, 0.1) is 0 Å². The summed E-state index contributed by atoms with van der Waals surface area (Å²) in [4.78, 5) is 6.60. The zero-order valence-electron chi connectivity index (χ0n) is 11.9. The molecule has 0 radical (unpaired) electrons. The van der Waals surface area contributed by atoms with Gasteiger partial charge in [-0.05, 0) is 12.8 Å². The van der Waals surface area contributed by atoms with E-state index in [1.165, 1.54) is 0 Å². The molecule has 0 aliphatic carbocycles. The minimum atomic E-state index is 0.158. The lowest BCUT2D eigenvalue weighted by Gasteiger charge is -2.28. The van der Waals surface area contributed by atoms with Crippen molar-refractivity contribution in [1.29, 1.82) is 0 Å². The number of hydrogen-bond acceptors (Lipinski definition) is 5. The molecule has 0 aromatic carbocycles. The first-order valence-corrected chi connectivity index (χ1v) is 6.79. The Balaban J connectivity index is 2.69. The second-order valence-corrected chi connectivity index (χ2v) is 4.87. The lowest BCUT2D eigenvalue weighted by molar-refractivity contribution is 0.132. The summed E-state index contributed by atoms with van der Waals surface area (Å²) in [6, 6.07) is 0.457. The van der Waals surface area contributed by atoms with Crippen molar-refractivity contribution in [3.63, 3.8) is 0 Å². The van der Waals surface area contributed by atoms with Gasteiger partial charge in [-0.1, -0.05) is 32.9 Å². The number of aliphatic hydroxyl groups is 1. The van der Waals surface area contributed by atoms with Gasteiger partial charge < -0.3 is 9.63 Å². The topological polar surface area (TPSA) is 62.4 Å². The van der Waals surface area contributed by atoms with Gasteiger partial charge in [0.1, 0.15) is 0 Å². The standard InChI is InChI=1S/C13H25N3O2/c1-5-11(6-2)16(7-8-17)9-12-14-13(10(3)4)18-15-12/h10-11,17H,5-9H2,1-4H3. The molecule has 0 atom stereocenters. The molecule has 0 aliphatic rings. The van der Waals surface area contributed by atoms with Gasteiger partial charge in [0.2, 0.25) is 5.89 Å². The van der Waals surface area contributed by atoms with E-state index in [0.717, 1.165) is 12.8 Å². The molecule has 0 saturated carbocycles. The molecule has 5 heteroatoms. The highest BCUT2D eigenvalue weighted by Crippen LogP contribution is 2.14. The van der Waals surface area contributed by atoms with Crippen LogP contribution < -0.4 is 0 Å². The lowest BCUT2D eigenvalue weighted by atomic mass is 10.1. The first kappa shape index (κ1) is 15.1. The summed E-state index contributed by atoms with van der Waals surface area (Å²) in [5, 5.41) is 13.1. The molecule has 1 aromatic heterocycles. The van der Waals surface area contributed by atoms with Crippen molar-refractivity contribution < 1.29 is 9.63 Å². The lowest BCUT2D eigenvalue weighted by Crippen LogP contribution is -2.36. The van der Waals surface area contributed by atoms with Crippen LogP contribution >= 0.6 is 0 Å². The van der Waals surface area contributed by atoms with E-state index in [0.29, 0.717) is 30.8 Å². The van der Waals surface area contributed by atoms with Gasteiger partial charge >= 0.3 is 0 Å². The molecule has 0 amide bonds. The molecule has 1 rings (SSSR count). The smallest absolute Gasteiger partial charge is 0.229 e. The molecule has 1 N–H and O–H groups in total. The molecule has 0 fully saturated rings. The van der Waals surface area contributed by atoms with E-state index in [4.69, 9.17) is 9.63 Å². The van der Waals surface area contributed by atoms with Crippen molar-refractivity contribution in [3.8, 4) is 0 Å². The van der Waals surface area contributed by atoms with E-state index in [1.807, 2.05) is 13.8 Å². The molecule has 0 unspecified atom stereocenters. The van der Waals surface area contributed by atoms with E-state index in [9.17, 15) is 0 Å². The van der Waals surface area contributed by atoms with Crippen LogP contribution in [0.4, 0.5) is 0 Å². The number of aromatic nitrogens is 2. The summed E-state index contributed by atoms with van der Waals surface area (Å²) in [6.45, 7) is 9.84. The molecule has 0 bridgehead atoms. The van der Waals surface area contributed by atoms with E-state index >= 15 is 0 Å². The second kappa shape index (κ2) is 7.48. The van der Waals surface area contributed by atoms with Gasteiger partial charge in [-0.2, -0.15) is 4.98 Å². The van der Waals surface area contributed by atoms with Crippen molar-refractivity contribution in [1.82, 2.24) is 15.0 Å². The molecule has 0 spiro atoms. The van der Waals surface area contributed by atoms with Gasteiger partial charge in [0.15, 0.2) is 5.82 Å². The van der Waals surface area contributed by atoms with Gasteiger partial charge in [-0.3, -0.25) is 4.90 Å². The third-order valence-corrected chi connectivity index (χ3v) is 3.17. The third-order valence-electron chi connectivity index (χ3n) is 3.17.